The number of nitro groups is 1. The summed E-state index contributed by atoms with van der Waals surface area (Å²) < 4.78 is 0. The van der Waals surface area contributed by atoms with Crippen LogP contribution in [0.25, 0.3) is 0 Å². The fourth-order valence-corrected chi connectivity index (χ4v) is 2.12. The summed E-state index contributed by atoms with van der Waals surface area (Å²) in [5.74, 6) is 0. The molecule has 0 saturated carbocycles. The number of benzene rings is 1. The molecule has 0 aliphatic carbocycles. The van der Waals surface area contributed by atoms with Gasteiger partial charge < -0.3 is 5.73 Å². The molecule has 1 rings (SSSR count). The van der Waals surface area contributed by atoms with E-state index in [4.69, 9.17) is 5.73 Å². The molecule has 4 nitrogen and oxygen atoms in total. The molecule has 15 heavy (non-hydrogen) atoms. The van der Waals surface area contributed by atoms with Crippen molar-refractivity contribution in [1.82, 2.24) is 0 Å². The van der Waals surface area contributed by atoms with Crippen molar-refractivity contribution in [2.75, 3.05) is 5.73 Å². The summed E-state index contributed by atoms with van der Waals surface area (Å²) in [5.41, 5.74) is 6.09. The maximum absolute atomic E-state index is 10.6. The van der Waals surface area contributed by atoms with Crippen molar-refractivity contribution in [2.24, 2.45) is 0 Å². The third kappa shape index (κ3) is 3.43. The second-order valence-electron chi connectivity index (χ2n) is 3.35. The molecular weight excluding hydrogens is 212 g/mol. The van der Waals surface area contributed by atoms with Gasteiger partial charge in [0.05, 0.1) is 4.92 Å². The summed E-state index contributed by atoms with van der Waals surface area (Å²) in [4.78, 5) is 11.0. The Morgan fingerprint density at radius 2 is 2.20 bits per heavy atom. The topological polar surface area (TPSA) is 69.2 Å². The van der Waals surface area contributed by atoms with E-state index >= 15 is 0 Å². The van der Waals surface area contributed by atoms with E-state index in [1.165, 1.54) is 6.07 Å². The molecule has 0 saturated heterocycles. The quantitative estimate of drug-likeness (QED) is 0.371. The average molecular weight is 226 g/mol. The van der Waals surface area contributed by atoms with Crippen molar-refractivity contribution in [3.05, 3.63) is 28.3 Å². The molecule has 0 aliphatic rings. The highest BCUT2D eigenvalue weighted by molar-refractivity contribution is 8.00. The third-order valence-electron chi connectivity index (χ3n) is 2.04. The number of nitrogen functional groups attached to an aromatic ring is 1. The number of thioether (sulfide) groups is 1. The zero-order chi connectivity index (χ0) is 11.4. The Labute approximate surface area is 93.0 Å². The van der Waals surface area contributed by atoms with Gasteiger partial charge in [-0.3, -0.25) is 10.1 Å². The molecule has 0 heterocycles. The van der Waals surface area contributed by atoms with Gasteiger partial charge in [-0.1, -0.05) is 13.8 Å². The first kappa shape index (κ1) is 11.8. The predicted molar refractivity (Wildman–Crippen MR) is 63.1 cm³/mol. The highest BCUT2D eigenvalue weighted by Crippen LogP contribution is 2.30. The lowest BCUT2D eigenvalue weighted by Crippen LogP contribution is -1.95. The number of nitrogens with two attached hydrogens (primary N) is 1. The first-order chi connectivity index (χ1) is 7.02. The molecule has 5 heteroatoms. The average Bonchev–Trinajstić information content (AvgIpc) is 2.16. The lowest BCUT2D eigenvalue weighted by atomic mass is 10.3. The number of hydrogen-bond acceptors (Lipinski definition) is 4. The van der Waals surface area contributed by atoms with Crippen molar-refractivity contribution < 1.29 is 4.92 Å². The molecule has 1 unspecified atom stereocenters. The molecule has 1 aromatic carbocycles. The molecule has 1 aromatic rings. The zero-order valence-corrected chi connectivity index (χ0v) is 9.58. The van der Waals surface area contributed by atoms with Gasteiger partial charge >= 0.3 is 0 Å². The summed E-state index contributed by atoms with van der Waals surface area (Å²) in [5, 5.41) is 11.0. The number of nitro benzene ring substituents is 1. The van der Waals surface area contributed by atoms with Crippen LogP contribution >= 0.6 is 11.8 Å². The van der Waals surface area contributed by atoms with Crippen molar-refractivity contribution >= 4 is 23.1 Å². The van der Waals surface area contributed by atoms with Crippen LogP contribution in [0.5, 0.6) is 0 Å². The van der Waals surface area contributed by atoms with Crippen LogP contribution in [0.15, 0.2) is 23.1 Å². The first-order valence-corrected chi connectivity index (χ1v) is 5.62. The van der Waals surface area contributed by atoms with Gasteiger partial charge in [-0.05, 0) is 12.5 Å². The van der Waals surface area contributed by atoms with E-state index in [1.807, 2.05) is 0 Å². The Hall–Kier alpha value is -1.23. The van der Waals surface area contributed by atoms with Crippen LogP contribution in [0, 0.1) is 10.1 Å². The fourth-order valence-electron chi connectivity index (χ4n) is 1.09. The number of anilines is 1. The molecule has 0 radical (unpaired) electrons. The van der Waals surface area contributed by atoms with Crippen LogP contribution in [0.4, 0.5) is 11.4 Å². The fraction of sp³-hybridized carbons (Fsp3) is 0.400. The molecule has 82 valence electrons. The van der Waals surface area contributed by atoms with Crippen molar-refractivity contribution in [3.63, 3.8) is 0 Å². The van der Waals surface area contributed by atoms with E-state index < -0.39 is 4.92 Å². The molecule has 0 bridgehead atoms. The minimum absolute atomic E-state index is 0.0563. The SMILES string of the molecule is CCC(C)Sc1cc(N)cc([N+](=O)[O-])c1. The van der Waals surface area contributed by atoms with Crippen LogP contribution in [-0.2, 0) is 0 Å². The summed E-state index contributed by atoms with van der Waals surface area (Å²) in [6, 6.07) is 4.71. The van der Waals surface area contributed by atoms with E-state index in [2.05, 4.69) is 13.8 Å². The van der Waals surface area contributed by atoms with Crippen molar-refractivity contribution in [3.8, 4) is 0 Å². The van der Waals surface area contributed by atoms with Gasteiger partial charge in [0.1, 0.15) is 0 Å². The number of non-ortho nitro benzene ring substituents is 1. The van der Waals surface area contributed by atoms with Crippen LogP contribution in [0.2, 0.25) is 0 Å². The van der Waals surface area contributed by atoms with E-state index in [0.29, 0.717) is 10.9 Å². The minimum Gasteiger partial charge on any atom is -0.398 e. The maximum Gasteiger partial charge on any atom is 0.272 e. The minimum atomic E-state index is -0.420. The smallest absolute Gasteiger partial charge is 0.272 e. The lowest BCUT2D eigenvalue weighted by Gasteiger charge is -2.08. The second-order valence-corrected chi connectivity index (χ2v) is 4.87. The molecule has 0 aromatic heterocycles. The molecule has 0 amide bonds. The first-order valence-electron chi connectivity index (χ1n) is 4.74. The normalized spacial score (nSPS) is 12.4. The van der Waals surface area contributed by atoms with E-state index in [-0.39, 0.29) is 5.69 Å². The van der Waals surface area contributed by atoms with Gasteiger partial charge in [0.15, 0.2) is 0 Å². The van der Waals surface area contributed by atoms with Crippen molar-refractivity contribution in [1.29, 1.82) is 0 Å². The summed E-state index contributed by atoms with van der Waals surface area (Å²) in [6.07, 6.45) is 1.02. The van der Waals surface area contributed by atoms with Crippen LogP contribution < -0.4 is 5.73 Å². The number of rotatable bonds is 4. The van der Waals surface area contributed by atoms with Gasteiger partial charge in [0.2, 0.25) is 0 Å². The summed E-state index contributed by atoms with van der Waals surface area (Å²) in [6.45, 7) is 4.16. The van der Waals surface area contributed by atoms with Gasteiger partial charge in [-0.2, -0.15) is 0 Å². The van der Waals surface area contributed by atoms with E-state index in [1.54, 1.807) is 23.9 Å². The molecule has 0 fully saturated rings. The third-order valence-corrected chi connectivity index (χ3v) is 3.28. The summed E-state index contributed by atoms with van der Waals surface area (Å²) in [7, 11) is 0. The van der Waals surface area contributed by atoms with Gasteiger partial charge in [-0.15, -0.1) is 11.8 Å². The monoisotopic (exact) mass is 226 g/mol. The van der Waals surface area contributed by atoms with Gasteiger partial charge in [-0.25, -0.2) is 0 Å². The Bertz CT molecular complexity index is 368. The van der Waals surface area contributed by atoms with E-state index in [9.17, 15) is 10.1 Å². The summed E-state index contributed by atoms with van der Waals surface area (Å²) >= 11 is 1.60. The van der Waals surface area contributed by atoms with Crippen molar-refractivity contribution in [2.45, 2.75) is 30.4 Å². The van der Waals surface area contributed by atoms with Gasteiger partial charge in [0, 0.05) is 28.0 Å². The molecule has 1 atom stereocenters. The lowest BCUT2D eigenvalue weighted by molar-refractivity contribution is -0.385. The predicted octanol–water partition coefficient (Wildman–Crippen LogP) is 3.07. The molecule has 0 spiro atoms. The number of nitrogens with zero attached hydrogens (tertiary/aromatic N) is 1. The van der Waals surface area contributed by atoms with Crippen LogP contribution in [0.3, 0.4) is 0 Å². The zero-order valence-electron chi connectivity index (χ0n) is 8.77. The Balaban J connectivity index is 2.93. The largest absolute Gasteiger partial charge is 0.398 e. The van der Waals surface area contributed by atoms with E-state index in [0.717, 1.165) is 11.3 Å². The van der Waals surface area contributed by atoms with Crippen LogP contribution in [0.1, 0.15) is 20.3 Å². The second kappa shape index (κ2) is 5.02. The molecule has 0 aliphatic heterocycles. The van der Waals surface area contributed by atoms with Crippen LogP contribution in [-0.4, -0.2) is 10.2 Å². The Kier molecular flexibility index (Phi) is 3.96. The maximum atomic E-state index is 10.6. The Morgan fingerprint density at radius 1 is 1.53 bits per heavy atom. The molecular formula is C10H14N2O2S. The highest BCUT2D eigenvalue weighted by Gasteiger charge is 2.10. The number of hydrogen-bond donors (Lipinski definition) is 1. The molecule has 2 N–H and O–H groups in total. The van der Waals surface area contributed by atoms with Gasteiger partial charge in [0.25, 0.3) is 5.69 Å². The highest BCUT2D eigenvalue weighted by atomic mass is 32.2. The Morgan fingerprint density at radius 3 is 2.73 bits per heavy atom. The standard InChI is InChI=1S/C10H14N2O2S/c1-3-7(2)15-10-5-8(11)4-9(6-10)12(13)14/h4-7H,3,11H2,1-2H3.